The van der Waals surface area contributed by atoms with Crippen LogP contribution in [0.2, 0.25) is 0 Å². The molecule has 4 N–H and O–H groups in total. The Labute approximate surface area is 140 Å². The highest BCUT2D eigenvalue weighted by atomic mass is 32.2. The van der Waals surface area contributed by atoms with Gasteiger partial charge in [0.15, 0.2) is 5.82 Å². The minimum absolute atomic E-state index is 0.0987. The van der Waals surface area contributed by atoms with Gasteiger partial charge >= 0.3 is 0 Å². The molecule has 1 aromatic carbocycles. The van der Waals surface area contributed by atoms with Gasteiger partial charge in [0.2, 0.25) is 16.0 Å². The first-order valence-corrected chi connectivity index (χ1v) is 8.82. The number of hydrogen-bond donors (Lipinski definition) is 3. The fourth-order valence-electron chi connectivity index (χ4n) is 1.91. The lowest BCUT2D eigenvalue weighted by atomic mass is 10.1. The lowest BCUT2D eigenvalue weighted by molar-refractivity contribution is 0.210. The van der Waals surface area contributed by atoms with Crippen molar-refractivity contribution in [2.24, 2.45) is 5.14 Å². The average molecular weight is 352 g/mol. The van der Waals surface area contributed by atoms with Gasteiger partial charge in [0.25, 0.3) is 0 Å². The Morgan fingerprint density at radius 1 is 1.17 bits per heavy atom. The van der Waals surface area contributed by atoms with Crippen molar-refractivity contribution >= 4 is 21.8 Å². The van der Waals surface area contributed by atoms with Crippen LogP contribution in [-0.2, 0) is 21.2 Å². The highest BCUT2D eigenvalue weighted by Gasteiger charge is 2.06. The zero-order chi connectivity index (χ0) is 17.4. The van der Waals surface area contributed by atoms with Crippen LogP contribution in [0.3, 0.4) is 0 Å². The van der Waals surface area contributed by atoms with Crippen LogP contribution in [0.4, 0.5) is 11.8 Å². The van der Waals surface area contributed by atoms with Gasteiger partial charge in [-0.1, -0.05) is 12.1 Å². The van der Waals surface area contributed by atoms with Crippen molar-refractivity contribution in [1.82, 2.24) is 15.2 Å². The van der Waals surface area contributed by atoms with E-state index in [0.717, 1.165) is 5.56 Å². The van der Waals surface area contributed by atoms with E-state index in [0.29, 0.717) is 37.9 Å². The number of methoxy groups -OCH3 is 1. The summed E-state index contributed by atoms with van der Waals surface area (Å²) in [6, 6.07) is 6.43. The summed E-state index contributed by atoms with van der Waals surface area (Å²) in [5.74, 6) is 1.03. The molecule has 2 rings (SSSR count). The van der Waals surface area contributed by atoms with E-state index >= 15 is 0 Å². The molecule has 0 amide bonds. The highest BCUT2D eigenvalue weighted by Crippen LogP contribution is 2.09. The Morgan fingerprint density at radius 3 is 2.58 bits per heavy atom. The first-order valence-electron chi connectivity index (χ1n) is 7.27. The van der Waals surface area contributed by atoms with Crippen LogP contribution in [0.15, 0.2) is 35.4 Å². The van der Waals surface area contributed by atoms with Crippen LogP contribution >= 0.6 is 0 Å². The molecule has 0 atom stereocenters. The molecule has 0 saturated carbocycles. The topological polar surface area (TPSA) is 132 Å². The second-order valence-electron chi connectivity index (χ2n) is 4.95. The van der Waals surface area contributed by atoms with Gasteiger partial charge in [-0.2, -0.15) is 10.1 Å². The number of rotatable bonds is 9. The Morgan fingerprint density at radius 2 is 1.92 bits per heavy atom. The van der Waals surface area contributed by atoms with Gasteiger partial charge in [-0.05, 0) is 24.1 Å². The molecule has 10 heteroatoms. The van der Waals surface area contributed by atoms with E-state index in [2.05, 4.69) is 25.8 Å². The summed E-state index contributed by atoms with van der Waals surface area (Å²) < 4.78 is 27.3. The predicted octanol–water partition coefficient (Wildman–Crippen LogP) is 0.232. The third-order valence-electron chi connectivity index (χ3n) is 3.12. The number of anilines is 2. The second kappa shape index (κ2) is 8.52. The van der Waals surface area contributed by atoms with Crippen molar-refractivity contribution in [1.29, 1.82) is 0 Å². The fraction of sp³-hybridized carbons (Fsp3) is 0.357. The van der Waals surface area contributed by atoms with E-state index in [1.807, 2.05) is 0 Å². The van der Waals surface area contributed by atoms with Crippen LogP contribution in [0.5, 0.6) is 0 Å². The zero-order valence-corrected chi connectivity index (χ0v) is 14.1. The highest BCUT2D eigenvalue weighted by molar-refractivity contribution is 7.89. The van der Waals surface area contributed by atoms with Crippen LogP contribution in [0.1, 0.15) is 5.56 Å². The van der Waals surface area contributed by atoms with E-state index in [1.54, 1.807) is 19.2 Å². The molecule has 0 aliphatic heterocycles. The maximum absolute atomic E-state index is 11.2. The Kier molecular flexibility index (Phi) is 6.41. The van der Waals surface area contributed by atoms with E-state index in [4.69, 9.17) is 9.88 Å². The number of hydrogen-bond acceptors (Lipinski definition) is 8. The third-order valence-corrected chi connectivity index (χ3v) is 4.05. The van der Waals surface area contributed by atoms with Crippen molar-refractivity contribution in [2.45, 2.75) is 11.3 Å². The van der Waals surface area contributed by atoms with E-state index in [1.165, 1.54) is 18.3 Å². The molecule has 0 radical (unpaired) electrons. The number of sulfonamides is 1. The number of nitrogens with one attached hydrogen (secondary N) is 2. The van der Waals surface area contributed by atoms with E-state index in [-0.39, 0.29) is 4.90 Å². The van der Waals surface area contributed by atoms with E-state index in [9.17, 15) is 8.42 Å². The average Bonchev–Trinajstić information content (AvgIpc) is 2.55. The lowest BCUT2D eigenvalue weighted by Gasteiger charge is -2.07. The van der Waals surface area contributed by atoms with Gasteiger partial charge in [-0.15, -0.1) is 5.10 Å². The van der Waals surface area contributed by atoms with Crippen LogP contribution in [0, 0.1) is 0 Å². The summed E-state index contributed by atoms with van der Waals surface area (Å²) in [5.41, 5.74) is 0.970. The Bertz CT molecular complexity index is 751. The molecule has 24 heavy (non-hydrogen) atoms. The Hall–Kier alpha value is -2.30. The molecular weight excluding hydrogens is 332 g/mol. The number of nitrogens with two attached hydrogens (primary N) is 1. The Balaban J connectivity index is 1.84. The molecule has 0 fully saturated rings. The molecule has 9 nitrogen and oxygen atoms in total. The van der Waals surface area contributed by atoms with Crippen molar-refractivity contribution in [3.63, 3.8) is 0 Å². The molecule has 130 valence electrons. The van der Waals surface area contributed by atoms with Crippen molar-refractivity contribution in [3.05, 3.63) is 36.0 Å². The summed E-state index contributed by atoms with van der Waals surface area (Å²) in [4.78, 5) is 4.37. The fourth-order valence-corrected chi connectivity index (χ4v) is 2.42. The maximum Gasteiger partial charge on any atom is 0.244 e. The SMILES string of the molecule is COCCNc1cnnc(NCCc2ccc(S(N)(=O)=O)cc2)n1. The summed E-state index contributed by atoms with van der Waals surface area (Å²) in [5, 5.41) is 19.0. The molecule has 1 aromatic heterocycles. The van der Waals surface area contributed by atoms with Crippen LogP contribution < -0.4 is 15.8 Å². The molecule has 0 aliphatic carbocycles. The summed E-state index contributed by atoms with van der Waals surface area (Å²) >= 11 is 0. The smallest absolute Gasteiger partial charge is 0.244 e. The van der Waals surface area contributed by atoms with Gasteiger partial charge in [-0.25, -0.2) is 13.6 Å². The van der Waals surface area contributed by atoms with Crippen LogP contribution in [0.25, 0.3) is 0 Å². The molecule has 0 saturated heterocycles. The second-order valence-corrected chi connectivity index (χ2v) is 6.51. The van der Waals surface area contributed by atoms with Gasteiger partial charge < -0.3 is 15.4 Å². The molecule has 0 spiro atoms. The number of aromatic nitrogens is 3. The summed E-state index contributed by atoms with van der Waals surface area (Å²) in [6.07, 6.45) is 2.21. The predicted molar refractivity (Wildman–Crippen MR) is 90.2 cm³/mol. The third kappa shape index (κ3) is 5.72. The zero-order valence-electron chi connectivity index (χ0n) is 13.3. The molecule has 0 bridgehead atoms. The van der Waals surface area contributed by atoms with Gasteiger partial charge in [0.1, 0.15) is 0 Å². The molecule has 2 aromatic rings. The number of nitrogens with zero attached hydrogens (tertiary/aromatic N) is 3. The molecule has 0 aliphatic rings. The van der Waals surface area contributed by atoms with Crippen molar-refractivity contribution in [2.75, 3.05) is 37.4 Å². The number of primary sulfonamides is 1. The van der Waals surface area contributed by atoms with Crippen molar-refractivity contribution < 1.29 is 13.2 Å². The number of benzene rings is 1. The normalized spacial score (nSPS) is 11.2. The van der Waals surface area contributed by atoms with Crippen molar-refractivity contribution in [3.8, 4) is 0 Å². The quantitative estimate of drug-likeness (QED) is 0.546. The van der Waals surface area contributed by atoms with Crippen LogP contribution in [-0.4, -0.2) is 50.4 Å². The minimum atomic E-state index is -3.66. The first-order chi connectivity index (χ1) is 11.5. The molecule has 1 heterocycles. The molecule has 0 unspecified atom stereocenters. The van der Waals surface area contributed by atoms with Gasteiger partial charge in [0, 0.05) is 20.2 Å². The number of ether oxygens (including phenoxy) is 1. The van der Waals surface area contributed by atoms with Gasteiger partial charge in [-0.3, -0.25) is 0 Å². The lowest BCUT2D eigenvalue weighted by Crippen LogP contribution is -2.13. The standard InChI is InChI=1S/C14H20N6O3S/c1-23-9-8-16-13-10-18-20-14(19-13)17-7-6-11-2-4-12(5-3-11)24(15,21)22/h2-5,10H,6-9H2,1H3,(H2,15,21,22)(H2,16,17,19,20). The van der Waals surface area contributed by atoms with Gasteiger partial charge in [0.05, 0.1) is 17.7 Å². The minimum Gasteiger partial charge on any atom is -0.383 e. The monoisotopic (exact) mass is 352 g/mol. The largest absolute Gasteiger partial charge is 0.383 e. The maximum atomic E-state index is 11.2. The summed E-state index contributed by atoms with van der Waals surface area (Å²) in [6.45, 7) is 1.78. The molecular formula is C14H20N6O3S. The van der Waals surface area contributed by atoms with E-state index < -0.39 is 10.0 Å². The first kappa shape index (κ1) is 18.0. The summed E-state index contributed by atoms with van der Waals surface area (Å²) in [7, 11) is -2.03.